The van der Waals surface area contributed by atoms with Crippen LogP contribution in [0.5, 0.6) is 0 Å². The summed E-state index contributed by atoms with van der Waals surface area (Å²) in [4.78, 5) is 11.5. The third-order valence-corrected chi connectivity index (χ3v) is 4.71. The molecule has 0 aromatic heterocycles. The van der Waals surface area contributed by atoms with Gasteiger partial charge in [0.25, 0.3) is 0 Å². The fraction of sp³-hybridized carbons (Fsp3) is 0.950. The van der Waals surface area contributed by atoms with Gasteiger partial charge in [0.15, 0.2) is 0 Å². The summed E-state index contributed by atoms with van der Waals surface area (Å²) in [6.07, 6.45) is 20.5. The second kappa shape index (κ2) is 14.1. The molecule has 0 aliphatic heterocycles. The number of carbonyl (C=O) groups excluding carboxylic acids is 1. The minimum absolute atomic E-state index is 0.0231. The van der Waals surface area contributed by atoms with Crippen molar-refractivity contribution in [3.63, 3.8) is 0 Å². The van der Waals surface area contributed by atoms with E-state index in [4.69, 9.17) is 4.74 Å². The highest BCUT2D eigenvalue weighted by molar-refractivity contribution is 5.69. The van der Waals surface area contributed by atoms with Crippen molar-refractivity contribution >= 4 is 5.97 Å². The van der Waals surface area contributed by atoms with E-state index in [2.05, 4.69) is 6.92 Å². The Bertz CT molecular complexity index is 258. The molecule has 0 bridgehead atoms. The molecule has 0 amide bonds. The molecule has 0 radical (unpaired) electrons. The van der Waals surface area contributed by atoms with Gasteiger partial charge in [-0.15, -0.1) is 0 Å². The van der Waals surface area contributed by atoms with Gasteiger partial charge >= 0.3 is 5.97 Å². The second-order valence-electron chi connectivity index (χ2n) is 7.09. The standard InChI is InChI=1S/C20H38O2/c1-2-3-4-5-6-7-8-9-10-11-12-13-18-22-20(21)17-16-19-14-15-19/h19H,2-18H2,1H3. The number of rotatable bonds is 16. The van der Waals surface area contributed by atoms with Crippen LogP contribution < -0.4 is 0 Å². The van der Waals surface area contributed by atoms with Gasteiger partial charge in [0.1, 0.15) is 0 Å². The molecule has 1 rings (SSSR count). The van der Waals surface area contributed by atoms with Crippen LogP contribution in [0.1, 0.15) is 110 Å². The van der Waals surface area contributed by atoms with E-state index in [1.165, 1.54) is 83.5 Å². The Morgan fingerprint density at radius 1 is 0.818 bits per heavy atom. The highest BCUT2D eigenvalue weighted by Gasteiger charge is 2.22. The first-order chi connectivity index (χ1) is 10.8. The summed E-state index contributed by atoms with van der Waals surface area (Å²) >= 11 is 0. The summed E-state index contributed by atoms with van der Waals surface area (Å²) in [6.45, 7) is 2.91. The van der Waals surface area contributed by atoms with Crippen LogP contribution in [-0.4, -0.2) is 12.6 Å². The molecule has 0 spiro atoms. The first-order valence-corrected chi connectivity index (χ1v) is 9.98. The third-order valence-electron chi connectivity index (χ3n) is 4.71. The Labute approximate surface area is 138 Å². The van der Waals surface area contributed by atoms with E-state index >= 15 is 0 Å². The molecule has 1 fully saturated rings. The predicted octanol–water partition coefficient (Wildman–Crippen LogP) is 6.42. The van der Waals surface area contributed by atoms with E-state index in [-0.39, 0.29) is 5.97 Å². The number of hydrogen-bond acceptors (Lipinski definition) is 2. The lowest BCUT2D eigenvalue weighted by Crippen LogP contribution is -2.05. The van der Waals surface area contributed by atoms with Crippen LogP contribution in [0.4, 0.5) is 0 Å². The summed E-state index contributed by atoms with van der Waals surface area (Å²) < 4.78 is 5.27. The predicted molar refractivity (Wildman–Crippen MR) is 94.0 cm³/mol. The number of ether oxygens (including phenoxy) is 1. The molecule has 0 aromatic carbocycles. The molecule has 2 nitrogen and oxygen atoms in total. The molecular weight excluding hydrogens is 272 g/mol. The van der Waals surface area contributed by atoms with Crippen molar-refractivity contribution < 1.29 is 9.53 Å². The maximum absolute atomic E-state index is 11.5. The highest BCUT2D eigenvalue weighted by Crippen LogP contribution is 2.33. The number of unbranched alkanes of at least 4 members (excludes halogenated alkanes) is 11. The monoisotopic (exact) mass is 310 g/mol. The lowest BCUT2D eigenvalue weighted by atomic mass is 10.1. The van der Waals surface area contributed by atoms with E-state index in [0.717, 1.165) is 18.8 Å². The van der Waals surface area contributed by atoms with E-state index in [0.29, 0.717) is 13.0 Å². The van der Waals surface area contributed by atoms with Crippen LogP contribution in [0.15, 0.2) is 0 Å². The van der Waals surface area contributed by atoms with E-state index in [1.54, 1.807) is 0 Å². The zero-order valence-corrected chi connectivity index (χ0v) is 14.9. The van der Waals surface area contributed by atoms with Crippen molar-refractivity contribution in [3.05, 3.63) is 0 Å². The average molecular weight is 311 g/mol. The fourth-order valence-corrected chi connectivity index (χ4v) is 2.93. The summed E-state index contributed by atoms with van der Waals surface area (Å²) in [6, 6.07) is 0. The Hall–Kier alpha value is -0.530. The Morgan fingerprint density at radius 3 is 1.82 bits per heavy atom. The summed E-state index contributed by atoms with van der Waals surface area (Å²) in [5, 5.41) is 0. The average Bonchev–Trinajstić information content (AvgIpc) is 3.34. The minimum Gasteiger partial charge on any atom is -0.466 e. The van der Waals surface area contributed by atoms with Crippen LogP contribution in [-0.2, 0) is 9.53 Å². The molecule has 0 atom stereocenters. The van der Waals surface area contributed by atoms with Crippen LogP contribution in [0.3, 0.4) is 0 Å². The lowest BCUT2D eigenvalue weighted by molar-refractivity contribution is -0.144. The van der Waals surface area contributed by atoms with Crippen molar-refractivity contribution in [2.24, 2.45) is 5.92 Å². The SMILES string of the molecule is CCCCCCCCCCCCCCOC(=O)CCC1CC1. The van der Waals surface area contributed by atoms with E-state index in [9.17, 15) is 4.79 Å². The fourth-order valence-electron chi connectivity index (χ4n) is 2.93. The first-order valence-electron chi connectivity index (χ1n) is 9.98. The normalized spacial score (nSPS) is 14.2. The van der Waals surface area contributed by atoms with Gasteiger partial charge in [-0.25, -0.2) is 0 Å². The van der Waals surface area contributed by atoms with Crippen LogP contribution in [0, 0.1) is 5.92 Å². The Balaban J connectivity index is 1.68. The van der Waals surface area contributed by atoms with Gasteiger partial charge in [-0.2, -0.15) is 0 Å². The van der Waals surface area contributed by atoms with Crippen LogP contribution in [0.25, 0.3) is 0 Å². The summed E-state index contributed by atoms with van der Waals surface area (Å²) in [5.74, 6) is 0.856. The molecule has 0 unspecified atom stereocenters. The van der Waals surface area contributed by atoms with Crippen molar-refractivity contribution in [1.29, 1.82) is 0 Å². The Morgan fingerprint density at radius 2 is 1.32 bits per heavy atom. The van der Waals surface area contributed by atoms with Crippen LogP contribution in [0.2, 0.25) is 0 Å². The molecule has 1 saturated carbocycles. The van der Waals surface area contributed by atoms with Crippen molar-refractivity contribution in [3.8, 4) is 0 Å². The Kier molecular flexibility index (Phi) is 12.5. The molecule has 1 aliphatic carbocycles. The minimum atomic E-state index is 0.0231. The zero-order chi connectivity index (χ0) is 15.9. The molecular formula is C20H38O2. The zero-order valence-electron chi connectivity index (χ0n) is 14.9. The molecule has 0 N–H and O–H groups in total. The van der Waals surface area contributed by atoms with Gasteiger partial charge in [0, 0.05) is 6.42 Å². The number of esters is 1. The molecule has 0 saturated heterocycles. The third kappa shape index (κ3) is 13.2. The summed E-state index contributed by atoms with van der Waals surface area (Å²) in [7, 11) is 0. The summed E-state index contributed by atoms with van der Waals surface area (Å²) in [5.41, 5.74) is 0. The number of hydrogen-bond donors (Lipinski definition) is 0. The van der Waals surface area contributed by atoms with Crippen molar-refractivity contribution in [2.45, 2.75) is 110 Å². The highest BCUT2D eigenvalue weighted by atomic mass is 16.5. The second-order valence-corrected chi connectivity index (χ2v) is 7.09. The van der Waals surface area contributed by atoms with Gasteiger partial charge in [0.2, 0.25) is 0 Å². The quantitative estimate of drug-likeness (QED) is 0.243. The van der Waals surface area contributed by atoms with Crippen molar-refractivity contribution in [1.82, 2.24) is 0 Å². The smallest absolute Gasteiger partial charge is 0.305 e. The largest absolute Gasteiger partial charge is 0.466 e. The van der Waals surface area contributed by atoms with E-state index in [1.807, 2.05) is 0 Å². The van der Waals surface area contributed by atoms with Crippen LogP contribution >= 0.6 is 0 Å². The molecule has 0 heterocycles. The molecule has 130 valence electrons. The van der Waals surface area contributed by atoms with Gasteiger partial charge in [0.05, 0.1) is 6.61 Å². The topological polar surface area (TPSA) is 26.3 Å². The van der Waals surface area contributed by atoms with Gasteiger partial charge in [-0.3, -0.25) is 4.79 Å². The molecule has 22 heavy (non-hydrogen) atoms. The lowest BCUT2D eigenvalue weighted by Gasteiger charge is -2.05. The first kappa shape index (κ1) is 19.5. The molecule has 0 aromatic rings. The van der Waals surface area contributed by atoms with Gasteiger partial charge in [-0.1, -0.05) is 90.4 Å². The van der Waals surface area contributed by atoms with Crippen molar-refractivity contribution in [2.75, 3.05) is 6.61 Å². The molecule has 1 aliphatic rings. The van der Waals surface area contributed by atoms with Gasteiger partial charge in [-0.05, 0) is 18.8 Å². The maximum atomic E-state index is 11.5. The van der Waals surface area contributed by atoms with Gasteiger partial charge < -0.3 is 4.74 Å². The number of carbonyl (C=O) groups is 1. The van der Waals surface area contributed by atoms with E-state index < -0.39 is 0 Å². The molecule has 2 heteroatoms. The maximum Gasteiger partial charge on any atom is 0.305 e.